The fraction of sp³-hybridized carbons (Fsp3) is 0.211. The van der Waals surface area contributed by atoms with Gasteiger partial charge in [-0.25, -0.2) is 5.43 Å². The Bertz CT molecular complexity index is 861. The second kappa shape index (κ2) is 9.03. The van der Waals surface area contributed by atoms with Crippen molar-refractivity contribution in [3.05, 3.63) is 59.7 Å². The number of hydrogen-bond acceptors (Lipinski definition) is 4. The van der Waals surface area contributed by atoms with Gasteiger partial charge < -0.3 is 10.1 Å². The molecule has 2 aromatic carbocycles. The Morgan fingerprint density at radius 3 is 2.11 bits per heavy atom. The maximum atomic E-state index is 12.2. The zero-order valence-corrected chi connectivity index (χ0v) is 15.1. The van der Waals surface area contributed by atoms with E-state index in [1.165, 1.54) is 24.3 Å². The first-order chi connectivity index (χ1) is 13.2. The Hall–Kier alpha value is -3.36. The number of anilines is 1. The van der Waals surface area contributed by atoms with Crippen LogP contribution in [0.4, 0.5) is 18.9 Å². The zero-order valence-electron chi connectivity index (χ0n) is 15.1. The van der Waals surface area contributed by atoms with Crippen LogP contribution in [0.5, 0.6) is 5.75 Å². The lowest BCUT2D eigenvalue weighted by Gasteiger charge is -2.09. The van der Waals surface area contributed by atoms with Crippen molar-refractivity contribution in [1.82, 2.24) is 5.43 Å². The van der Waals surface area contributed by atoms with Crippen molar-refractivity contribution in [3.63, 3.8) is 0 Å². The number of rotatable bonds is 6. The van der Waals surface area contributed by atoms with Crippen molar-refractivity contribution in [2.45, 2.75) is 20.0 Å². The van der Waals surface area contributed by atoms with E-state index in [2.05, 4.69) is 10.5 Å². The van der Waals surface area contributed by atoms with Gasteiger partial charge in [0.05, 0.1) is 12.3 Å². The molecule has 0 saturated carbocycles. The smallest absolute Gasteiger partial charge is 0.471 e. The van der Waals surface area contributed by atoms with Gasteiger partial charge in [-0.05, 0) is 55.8 Å². The summed E-state index contributed by atoms with van der Waals surface area (Å²) < 4.78 is 42.0. The number of halogens is 3. The van der Waals surface area contributed by atoms with Gasteiger partial charge in [0, 0.05) is 11.3 Å². The molecule has 2 amide bonds. The minimum atomic E-state index is -4.96. The van der Waals surface area contributed by atoms with E-state index >= 15 is 0 Å². The summed E-state index contributed by atoms with van der Waals surface area (Å²) in [6, 6.07) is 12.1. The molecule has 0 bridgehead atoms. The first-order valence-corrected chi connectivity index (χ1v) is 8.27. The summed E-state index contributed by atoms with van der Waals surface area (Å²) >= 11 is 0. The van der Waals surface area contributed by atoms with Gasteiger partial charge in [-0.3, -0.25) is 9.59 Å². The summed E-state index contributed by atoms with van der Waals surface area (Å²) in [5, 5.41) is 5.73. The van der Waals surface area contributed by atoms with Crippen molar-refractivity contribution in [2.75, 3.05) is 11.9 Å². The molecule has 0 atom stereocenters. The molecule has 9 heteroatoms. The third-order valence-electron chi connectivity index (χ3n) is 3.57. The van der Waals surface area contributed by atoms with Crippen LogP contribution in [-0.4, -0.2) is 30.3 Å². The maximum Gasteiger partial charge on any atom is 0.471 e. The zero-order chi connectivity index (χ0) is 20.7. The lowest BCUT2D eigenvalue weighted by molar-refractivity contribution is -0.167. The van der Waals surface area contributed by atoms with Crippen molar-refractivity contribution < 1.29 is 27.5 Å². The van der Waals surface area contributed by atoms with Crippen molar-refractivity contribution in [2.24, 2.45) is 5.10 Å². The van der Waals surface area contributed by atoms with Crippen LogP contribution in [0.25, 0.3) is 0 Å². The highest BCUT2D eigenvalue weighted by molar-refractivity contribution is 6.01. The number of hydrazone groups is 1. The second-order valence-electron chi connectivity index (χ2n) is 5.62. The first kappa shape index (κ1) is 20.9. The monoisotopic (exact) mass is 393 g/mol. The normalized spacial score (nSPS) is 11.7. The molecule has 0 aliphatic carbocycles. The summed E-state index contributed by atoms with van der Waals surface area (Å²) in [4.78, 5) is 23.0. The quantitative estimate of drug-likeness (QED) is 0.580. The molecule has 2 rings (SSSR count). The Morgan fingerprint density at radius 2 is 1.57 bits per heavy atom. The van der Waals surface area contributed by atoms with Gasteiger partial charge in [-0.2, -0.15) is 18.3 Å². The molecule has 0 radical (unpaired) electrons. The molecule has 0 unspecified atom stereocenters. The number of carbonyl (C=O) groups excluding carboxylic acids is 2. The van der Waals surface area contributed by atoms with Crippen molar-refractivity contribution >= 4 is 23.2 Å². The van der Waals surface area contributed by atoms with Gasteiger partial charge in [-0.15, -0.1) is 0 Å². The minimum Gasteiger partial charge on any atom is -0.494 e. The number of nitrogens with one attached hydrogen (secondary N) is 2. The number of ether oxygens (including phenoxy) is 1. The number of benzene rings is 2. The van der Waals surface area contributed by atoms with Crippen LogP contribution in [0.2, 0.25) is 0 Å². The molecule has 0 heterocycles. The van der Waals surface area contributed by atoms with Crippen LogP contribution < -0.4 is 15.5 Å². The van der Waals surface area contributed by atoms with Crippen molar-refractivity contribution in [1.29, 1.82) is 0 Å². The minimum absolute atomic E-state index is 0.00250. The number of carbonyl (C=O) groups is 2. The fourth-order valence-electron chi connectivity index (χ4n) is 2.13. The molecule has 28 heavy (non-hydrogen) atoms. The average Bonchev–Trinajstić information content (AvgIpc) is 2.66. The maximum absolute atomic E-state index is 12.2. The summed E-state index contributed by atoms with van der Waals surface area (Å²) in [6.45, 7) is 4.00. The van der Waals surface area contributed by atoms with Crippen LogP contribution in [0.3, 0.4) is 0 Å². The van der Waals surface area contributed by atoms with Gasteiger partial charge in [0.2, 0.25) is 0 Å². The lowest BCUT2D eigenvalue weighted by Crippen LogP contribution is -2.29. The van der Waals surface area contributed by atoms with Crippen LogP contribution in [0.15, 0.2) is 53.6 Å². The SMILES string of the molecule is CCOc1ccc(C(=O)N/N=C(/C)c2ccc(NC(=O)C(F)(F)F)cc2)cc1. The van der Waals surface area contributed by atoms with Crippen LogP contribution in [-0.2, 0) is 4.79 Å². The predicted octanol–water partition coefficient (Wildman–Crippen LogP) is 3.74. The van der Waals surface area contributed by atoms with E-state index in [1.807, 2.05) is 6.92 Å². The standard InChI is InChI=1S/C19H18F3N3O3/c1-3-28-16-10-6-14(7-11-16)17(26)25-24-12(2)13-4-8-15(9-5-13)23-18(27)19(20,21)22/h4-11H,3H2,1-2H3,(H,23,27)(H,25,26)/b24-12-. The highest BCUT2D eigenvalue weighted by Gasteiger charge is 2.38. The largest absolute Gasteiger partial charge is 0.494 e. The number of hydrogen-bond donors (Lipinski definition) is 2. The van der Waals surface area contributed by atoms with Gasteiger partial charge in [-0.1, -0.05) is 12.1 Å². The predicted molar refractivity (Wildman–Crippen MR) is 98.4 cm³/mol. The summed E-state index contributed by atoms with van der Waals surface area (Å²) in [5.74, 6) is -1.82. The molecule has 0 aliphatic heterocycles. The molecule has 6 nitrogen and oxygen atoms in total. The Morgan fingerprint density at radius 1 is 1.00 bits per heavy atom. The van der Waals surface area contributed by atoms with E-state index in [0.29, 0.717) is 29.2 Å². The molecule has 0 fully saturated rings. The molecule has 2 aromatic rings. The molecule has 2 N–H and O–H groups in total. The molecule has 148 valence electrons. The molecule has 0 spiro atoms. The highest BCUT2D eigenvalue weighted by Crippen LogP contribution is 2.18. The Balaban J connectivity index is 1.99. The third kappa shape index (κ3) is 5.83. The summed E-state index contributed by atoms with van der Waals surface area (Å²) in [7, 11) is 0. The van der Waals surface area contributed by atoms with E-state index in [9.17, 15) is 22.8 Å². The second-order valence-corrected chi connectivity index (χ2v) is 5.62. The van der Waals surface area contributed by atoms with Gasteiger partial charge in [0.25, 0.3) is 5.91 Å². The van der Waals surface area contributed by atoms with E-state index in [4.69, 9.17) is 4.74 Å². The van der Waals surface area contributed by atoms with Gasteiger partial charge in [0.1, 0.15) is 5.75 Å². The lowest BCUT2D eigenvalue weighted by atomic mass is 10.1. The van der Waals surface area contributed by atoms with E-state index in [0.717, 1.165) is 0 Å². The van der Waals surface area contributed by atoms with E-state index < -0.39 is 18.0 Å². The summed E-state index contributed by atoms with van der Waals surface area (Å²) in [5.41, 5.74) is 3.80. The molecule has 0 aromatic heterocycles. The number of amides is 2. The number of nitrogens with zero attached hydrogens (tertiary/aromatic N) is 1. The molecular formula is C19H18F3N3O3. The van der Waals surface area contributed by atoms with Gasteiger partial charge in [0.15, 0.2) is 0 Å². The van der Waals surface area contributed by atoms with Crippen molar-refractivity contribution in [3.8, 4) is 5.75 Å². The Kier molecular flexibility index (Phi) is 6.75. The Labute approximate surface area is 159 Å². The van der Waals surface area contributed by atoms with E-state index in [1.54, 1.807) is 36.5 Å². The molecular weight excluding hydrogens is 375 g/mol. The third-order valence-corrected chi connectivity index (χ3v) is 3.57. The van der Waals surface area contributed by atoms with Crippen LogP contribution >= 0.6 is 0 Å². The average molecular weight is 393 g/mol. The van der Waals surface area contributed by atoms with Gasteiger partial charge >= 0.3 is 12.1 Å². The summed E-state index contributed by atoms with van der Waals surface area (Å²) in [6.07, 6.45) is -4.96. The molecule has 0 aliphatic rings. The first-order valence-electron chi connectivity index (χ1n) is 8.27. The fourth-order valence-corrected chi connectivity index (χ4v) is 2.13. The number of alkyl halides is 3. The van der Waals surface area contributed by atoms with E-state index in [-0.39, 0.29) is 5.69 Å². The van der Waals surface area contributed by atoms with Crippen LogP contribution in [0.1, 0.15) is 29.8 Å². The molecule has 0 saturated heterocycles. The topological polar surface area (TPSA) is 79.8 Å². The highest BCUT2D eigenvalue weighted by atomic mass is 19.4. The van der Waals surface area contributed by atoms with Crippen LogP contribution in [0, 0.1) is 0 Å².